The molecule has 0 saturated heterocycles. The van der Waals surface area contributed by atoms with Gasteiger partial charge in [0.15, 0.2) is 11.4 Å². The molecule has 4 heteroatoms. The Labute approximate surface area is 93.6 Å². The second-order valence-electron chi connectivity index (χ2n) is 3.87. The first kappa shape index (κ1) is 10.9. The van der Waals surface area contributed by atoms with E-state index in [-0.39, 0.29) is 11.6 Å². The van der Waals surface area contributed by atoms with Gasteiger partial charge in [0.1, 0.15) is 11.4 Å². The number of fused-ring (bicyclic) bond motifs is 1. The third kappa shape index (κ3) is 1.45. The molecule has 1 aliphatic heterocycles. The molecule has 86 valence electrons. The second-order valence-corrected chi connectivity index (χ2v) is 3.87. The summed E-state index contributed by atoms with van der Waals surface area (Å²) in [6, 6.07) is 4.53. The van der Waals surface area contributed by atoms with Crippen molar-refractivity contribution in [3.63, 3.8) is 0 Å². The van der Waals surface area contributed by atoms with Gasteiger partial charge in [0.25, 0.3) is 5.91 Å². The van der Waals surface area contributed by atoms with Crippen molar-refractivity contribution < 1.29 is 13.9 Å². The summed E-state index contributed by atoms with van der Waals surface area (Å²) < 4.78 is 19.1. The Bertz CT molecular complexity index is 427. The van der Waals surface area contributed by atoms with E-state index < -0.39 is 11.4 Å². The summed E-state index contributed by atoms with van der Waals surface area (Å²) in [4.78, 5) is 11.9. The van der Waals surface area contributed by atoms with Crippen LogP contribution in [0.15, 0.2) is 18.2 Å². The number of benzene rings is 1. The van der Waals surface area contributed by atoms with Gasteiger partial charge in [-0.3, -0.25) is 4.79 Å². The van der Waals surface area contributed by atoms with Gasteiger partial charge in [-0.05, 0) is 25.0 Å². The summed E-state index contributed by atoms with van der Waals surface area (Å²) in [5.41, 5.74) is -0.717. The fourth-order valence-electron chi connectivity index (χ4n) is 1.91. The van der Waals surface area contributed by atoms with E-state index >= 15 is 0 Å². The Hall–Kier alpha value is -1.58. The maximum atomic E-state index is 13.4. The van der Waals surface area contributed by atoms with Gasteiger partial charge in [0.05, 0.1) is 0 Å². The number of nitrogens with one attached hydrogen (secondary N) is 1. The van der Waals surface area contributed by atoms with Crippen molar-refractivity contribution in [3.8, 4) is 5.75 Å². The number of carbonyl (C=O) groups is 1. The summed E-state index contributed by atoms with van der Waals surface area (Å²) >= 11 is 0. The summed E-state index contributed by atoms with van der Waals surface area (Å²) in [6.07, 6.45) is 1.12. The fraction of sp³-hybridized carbons (Fsp3) is 0.417. The Balaban J connectivity index is 2.46. The molecule has 3 nitrogen and oxygen atoms in total. The Morgan fingerprint density at radius 2 is 2.06 bits per heavy atom. The van der Waals surface area contributed by atoms with Crippen LogP contribution in [0.3, 0.4) is 0 Å². The lowest BCUT2D eigenvalue weighted by Crippen LogP contribution is -2.50. The Morgan fingerprint density at radius 3 is 2.69 bits per heavy atom. The van der Waals surface area contributed by atoms with Crippen molar-refractivity contribution in [2.24, 2.45) is 0 Å². The average Bonchev–Trinajstić information content (AvgIpc) is 2.30. The number of halogens is 1. The number of hydrogen-bond acceptors (Lipinski definition) is 2. The van der Waals surface area contributed by atoms with Gasteiger partial charge >= 0.3 is 0 Å². The number of hydrogen-bond donors (Lipinski definition) is 1. The average molecular weight is 223 g/mol. The molecule has 1 aliphatic rings. The predicted molar refractivity (Wildman–Crippen MR) is 59.0 cm³/mol. The zero-order valence-corrected chi connectivity index (χ0v) is 9.34. The van der Waals surface area contributed by atoms with Crippen molar-refractivity contribution in [1.29, 1.82) is 0 Å². The first-order valence-electron chi connectivity index (χ1n) is 5.42. The predicted octanol–water partition coefficient (Wildman–Crippen LogP) is 2.72. The van der Waals surface area contributed by atoms with E-state index in [0.29, 0.717) is 18.6 Å². The molecule has 0 aliphatic carbocycles. The number of carbonyl (C=O) groups excluding carboxylic acids is 1. The van der Waals surface area contributed by atoms with E-state index in [1.807, 2.05) is 13.8 Å². The van der Waals surface area contributed by atoms with E-state index in [1.165, 1.54) is 6.07 Å². The molecule has 0 bridgehead atoms. The van der Waals surface area contributed by atoms with E-state index in [2.05, 4.69) is 5.32 Å². The molecule has 0 aromatic heterocycles. The highest BCUT2D eigenvalue weighted by Crippen LogP contribution is 2.37. The van der Waals surface area contributed by atoms with Crippen molar-refractivity contribution in [3.05, 3.63) is 24.0 Å². The molecule has 16 heavy (non-hydrogen) atoms. The minimum atomic E-state index is -0.860. The largest absolute Gasteiger partial charge is 0.475 e. The molecule has 1 aromatic rings. The number of rotatable bonds is 2. The Kier molecular flexibility index (Phi) is 2.58. The maximum absolute atomic E-state index is 13.4. The zero-order chi connectivity index (χ0) is 11.8. The quantitative estimate of drug-likeness (QED) is 0.837. The molecule has 0 atom stereocenters. The lowest BCUT2D eigenvalue weighted by molar-refractivity contribution is -0.133. The van der Waals surface area contributed by atoms with E-state index in [9.17, 15) is 9.18 Å². The van der Waals surface area contributed by atoms with Crippen LogP contribution in [0.25, 0.3) is 0 Å². The Morgan fingerprint density at radius 1 is 1.38 bits per heavy atom. The van der Waals surface area contributed by atoms with Gasteiger partial charge < -0.3 is 10.1 Å². The third-order valence-electron chi connectivity index (χ3n) is 3.08. The fourth-order valence-corrected chi connectivity index (χ4v) is 1.91. The van der Waals surface area contributed by atoms with E-state index in [4.69, 9.17) is 4.74 Å². The highest BCUT2D eigenvalue weighted by molar-refractivity contribution is 6.00. The van der Waals surface area contributed by atoms with Crippen molar-refractivity contribution in [2.75, 3.05) is 5.32 Å². The molecule has 1 aromatic carbocycles. The molecule has 1 N–H and O–H groups in total. The maximum Gasteiger partial charge on any atom is 0.268 e. The third-order valence-corrected chi connectivity index (χ3v) is 3.08. The van der Waals surface area contributed by atoms with Crippen LogP contribution in [0.5, 0.6) is 5.75 Å². The van der Waals surface area contributed by atoms with Crippen LogP contribution in [-0.2, 0) is 4.79 Å². The van der Waals surface area contributed by atoms with E-state index in [0.717, 1.165) is 0 Å². The number of amides is 1. The van der Waals surface area contributed by atoms with Gasteiger partial charge in [0.2, 0.25) is 0 Å². The molecular formula is C12H14FNO2. The van der Waals surface area contributed by atoms with Gasteiger partial charge in [-0.25, -0.2) is 4.39 Å². The summed E-state index contributed by atoms with van der Waals surface area (Å²) in [5.74, 6) is -0.329. The van der Waals surface area contributed by atoms with Crippen molar-refractivity contribution in [1.82, 2.24) is 0 Å². The van der Waals surface area contributed by atoms with Crippen LogP contribution in [0, 0.1) is 5.82 Å². The van der Waals surface area contributed by atoms with Crippen molar-refractivity contribution in [2.45, 2.75) is 32.3 Å². The topological polar surface area (TPSA) is 38.3 Å². The SMILES string of the molecule is CCC1(CC)Oc2cccc(F)c2NC1=O. The number of anilines is 1. The highest BCUT2D eigenvalue weighted by atomic mass is 19.1. The molecule has 0 unspecified atom stereocenters. The molecule has 2 rings (SSSR count). The molecule has 0 radical (unpaired) electrons. The van der Waals surface area contributed by atoms with Crippen LogP contribution in [0.1, 0.15) is 26.7 Å². The first-order chi connectivity index (χ1) is 7.63. The number of para-hydroxylation sites is 1. The van der Waals surface area contributed by atoms with Crippen LogP contribution in [0.4, 0.5) is 10.1 Å². The molecule has 0 saturated carbocycles. The summed E-state index contributed by atoms with van der Waals surface area (Å²) in [6.45, 7) is 3.76. The minimum Gasteiger partial charge on any atom is -0.475 e. The van der Waals surface area contributed by atoms with E-state index in [1.54, 1.807) is 12.1 Å². The summed E-state index contributed by atoms with van der Waals surface area (Å²) in [5, 5.41) is 2.58. The van der Waals surface area contributed by atoms with Crippen LogP contribution in [0.2, 0.25) is 0 Å². The van der Waals surface area contributed by atoms with Crippen molar-refractivity contribution >= 4 is 11.6 Å². The van der Waals surface area contributed by atoms with Gasteiger partial charge in [-0.2, -0.15) is 0 Å². The molecular weight excluding hydrogens is 209 g/mol. The highest BCUT2D eigenvalue weighted by Gasteiger charge is 2.42. The minimum absolute atomic E-state index is 0.144. The van der Waals surface area contributed by atoms with Gasteiger partial charge in [-0.1, -0.05) is 19.9 Å². The lowest BCUT2D eigenvalue weighted by atomic mass is 9.94. The smallest absolute Gasteiger partial charge is 0.268 e. The monoisotopic (exact) mass is 223 g/mol. The summed E-state index contributed by atoms with van der Waals surface area (Å²) in [7, 11) is 0. The molecule has 0 fully saturated rings. The zero-order valence-electron chi connectivity index (χ0n) is 9.34. The normalized spacial score (nSPS) is 17.3. The number of ether oxygens (including phenoxy) is 1. The van der Waals surface area contributed by atoms with Crippen LogP contribution in [-0.4, -0.2) is 11.5 Å². The molecule has 1 amide bonds. The molecule has 0 spiro atoms. The second kappa shape index (κ2) is 3.77. The van der Waals surface area contributed by atoms with Gasteiger partial charge in [-0.15, -0.1) is 0 Å². The molecule has 1 heterocycles. The van der Waals surface area contributed by atoms with Crippen LogP contribution >= 0.6 is 0 Å². The van der Waals surface area contributed by atoms with Gasteiger partial charge in [0, 0.05) is 0 Å². The van der Waals surface area contributed by atoms with Crippen LogP contribution < -0.4 is 10.1 Å². The lowest BCUT2D eigenvalue weighted by Gasteiger charge is -2.36. The first-order valence-corrected chi connectivity index (χ1v) is 5.42. The standard InChI is InChI=1S/C12H14FNO2/c1-3-12(4-2)11(15)14-10-8(13)6-5-7-9(10)16-12/h5-7H,3-4H2,1-2H3,(H,14,15).